The molecule has 2 N–H and O–H groups in total. The van der Waals surface area contributed by atoms with Gasteiger partial charge in [0.1, 0.15) is 0 Å². The summed E-state index contributed by atoms with van der Waals surface area (Å²) in [4.78, 5) is 11.9. The monoisotopic (exact) mass is 288 g/mol. The number of hydrogen-bond acceptors (Lipinski definition) is 5. The summed E-state index contributed by atoms with van der Waals surface area (Å²) in [6.45, 7) is 4.77. The lowest BCUT2D eigenvalue weighted by Crippen LogP contribution is -2.27. The molecule has 0 atom stereocenters. The lowest BCUT2D eigenvalue weighted by atomic mass is 10.2. The zero-order valence-electron chi connectivity index (χ0n) is 12.5. The van der Waals surface area contributed by atoms with Gasteiger partial charge in [-0.1, -0.05) is 26.0 Å². The average Bonchev–Trinajstić information content (AvgIpc) is 2.85. The maximum atomic E-state index is 11.9. The first kappa shape index (κ1) is 15.1. The fourth-order valence-electron chi connectivity index (χ4n) is 1.91. The number of rotatable bonds is 6. The molecule has 7 nitrogen and oxygen atoms in total. The first-order valence-corrected chi connectivity index (χ1v) is 6.92. The van der Waals surface area contributed by atoms with E-state index >= 15 is 0 Å². The van der Waals surface area contributed by atoms with Gasteiger partial charge in [-0.3, -0.25) is 4.79 Å². The lowest BCUT2D eigenvalue weighted by molar-refractivity contribution is -0.116. The highest BCUT2D eigenvalue weighted by Gasteiger charge is 2.08. The van der Waals surface area contributed by atoms with E-state index in [1.54, 1.807) is 11.7 Å². The minimum absolute atomic E-state index is 0.0172. The summed E-state index contributed by atoms with van der Waals surface area (Å²) < 4.78 is 1.59. The number of amides is 1. The van der Waals surface area contributed by atoms with Gasteiger partial charge < -0.3 is 10.6 Å². The van der Waals surface area contributed by atoms with Crippen molar-refractivity contribution in [3.63, 3.8) is 0 Å². The lowest BCUT2D eigenvalue weighted by Gasteiger charge is -2.09. The molecule has 0 fully saturated rings. The summed E-state index contributed by atoms with van der Waals surface area (Å²) in [5.74, 6) is 0.643. The van der Waals surface area contributed by atoms with Gasteiger partial charge >= 0.3 is 0 Å². The molecule has 0 radical (unpaired) electrons. The van der Waals surface area contributed by atoms with Crippen molar-refractivity contribution < 1.29 is 4.79 Å². The molecule has 7 heteroatoms. The third-order valence-corrected chi connectivity index (χ3v) is 2.93. The third kappa shape index (κ3) is 4.35. The Kier molecular flexibility index (Phi) is 4.99. The number of anilines is 1. The minimum Gasteiger partial charge on any atom is -0.326 e. The van der Waals surface area contributed by atoms with E-state index in [0.717, 1.165) is 11.3 Å². The van der Waals surface area contributed by atoms with Crippen molar-refractivity contribution in [1.82, 2.24) is 25.5 Å². The van der Waals surface area contributed by atoms with Crippen molar-refractivity contribution in [3.05, 3.63) is 24.3 Å². The van der Waals surface area contributed by atoms with Crippen molar-refractivity contribution in [2.75, 3.05) is 11.9 Å². The van der Waals surface area contributed by atoms with Crippen LogP contribution < -0.4 is 10.6 Å². The predicted molar refractivity (Wildman–Crippen MR) is 80.6 cm³/mol. The number of carbonyl (C=O) groups excluding carboxylic acids is 1. The predicted octanol–water partition coefficient (Wildman–Crippen LogP) is 1.20. The summed E-state index contributed by atoms with van der Waals surface area (Å²) in [7, 11) is 1.78. The molecule has 0 saturated carbocycles. The molecule has 1 heterocycles. The summed E-state index contributed by atoms with van der Waals surface area (Å²) in [6, 6.07) is 7.86. The Balaban J connectivity index is 1.98. The first-order chi connectivity index (χ1) is 10.1. The highest BCUT2D eigenvalue weighted by atomic mass is 16.1. The quantitative estimate of drug-likeness (QED) is 0.834. The number of aromatic nitrogens is 4. The van der Waals surface area contributed by atoms with Gasteiger partial charge in [0.05, 0.1) is 0 Å². The highest BCUT2D eigenvalue weighted by Crippen LogP contribution is 2.19. The number of carbonyl (C=O) groups is 1. The number of nitrogens with one attached hydrogen (secondary N) is 2. The molecule has 2 rings (SSSR count). The van der Waals surface area contributed by atoms with Crippen molar-refractivity contribution in [2.45, 2.75) is 26.3 Å². The van der Waals surface area contributed by atoms with E-state index in [1.165, 1.54) is 0 Å². The summed E-state index contributed by atoms with van der Waals surface area (Å²) in [5, 5.41) is 17.5. The average molecular weight is 288 g/mol. The summed E-state index contributed by atoms with van der Waals surface area (Å²) in [6.07, 6.45) is 0.438. The molecule has 1 aromatic heterocycles. The normalized spacial score (nSPS) is 10.9. The van der Waals surface area contributed by atoms with E-state index in [-0.39, 0.29) is 5.91 Å². The summed E-state index contributed by atoms with van der Waals surface area (Å²) in [5.41, 5.74) is 1.60. The van der Waals surface area contributed by atoms with Crippen LogP contribution >= 0.6 is 0 Å². The second kappa shape index (κ2) is 6.94. The van der Waals surface area contributed by atoms with E-state index in [4.69, 9.17) is 0 Å². The molecular formula is C14H20N6O. The molecule has 0 aliphatic rings. The molecule has 0 bridgehead atoms. The number of hydrogen-bond donors (Lipinski definition) is 2. The Morgan fingerprint density at radius 1 is 1.38 bits per heavy atom. The molecular weight excluding hydrogens is 268 g/mol. The molecule has 21 heavy (non-hydrogen) atoms. The van der Waals surface area contributed by atoms with Crippen LogP contribution in [-0.4, -0.2) is 38.7 Å². The van der Waals surface area contributed by atoms with Crippen LogP contribution in [0.25, 0.3) is 11.4 Å². The van der Waals surface area contributed by atoms with Crippen LogP contribution in [0.4, 0.5) is 5.69 Å². The maximum Gasteiger partial charge on any atom is 0.225 e. The van der Waals surface area contributed by atoms with Crippen molar-refractivity contribution >= 4 is 11.6 Å². The molecule has 0 unspecified atom stereocenters. The second-order valence-electron chi connectivity index (χ2n) is 5.11. The summed E-state index contributed by atoms with van der Waals surface area (Å²) >= 11 is 0. The molecule has 2 aromatic rings. The van der Waals surface area contributed by atoms with Gasteiger partial charge in [0, 0.05) is 37.3 Å². The zero-order valence-corrected chi connectivity index (χ0v) is 12.5. The Bertz CT molecular complexity index is 607. The highest BCUT2D eigenvalue weighted by molar-refractivity contribution is 5.91. The van der Waals surface area contributed by atoms with Crippen molar-refractivity contribution in [2.24, 2.45) is 7.05 Å². The molecule has 112 valence electrons. The van der Waals surface area contributed by atoms with Crippen LogP contribution in [0.3, 0.4) is 0 Å². The van der Waals surface area contributed by atoms with Crippen LogP contribution in [0.15, 0.2) is 24.3 Å². The van der Waals surface area contributed by atoms with Gasteiger partial charge in [0.15, 0.2) is 5.82 Å². The van der Waals surface area contributed by atoms with Crippen LogP contribution in [0.2, 0.25) is 0 Å². The fourth-order valence-corrected chi connectivity index (χ4v) is 1.91. The number of nitrogens with zero attached hydrogens (tertiary/aromatic N) is 4. The smallest absolute Gasteiger partial charge is 0.225 e. The van der Waals surface area contributed by atoms with E-state index in [0.29, 0.717) is 24.8 Å². The van der Waals surface area contributed by atoms with Gasteiger partial charge in [-0.25, -0.2) is 4.68 Å². The van der Waals surface area contributed by atoms with Crippen molar-refractivity contribution in [3.8, 4) is 11.4 Å². The largest absolute Gasteiger partial charge is 0.326 e. The van der Waals surface area contributed by atoms with Crippen LogP contribution in [0, 0.1) is 0 Å². The van der Waals surface area contributed by atoms with E-state index < -0.39 is 0 Å². The molecule has 0 aliphatic carbocycles. The fraction of sp³-hybridized carbons (Fsp3) is 0.429. The zero-order chi connectivity index (χ0) is 15.2. The van der Waals surface area contributed by atoms with E-state index in [9.17, 15) is 4.79 Å². The van der Waals surface area contributed by atoms with Crippen LogP contribution in [-0.2, 0) is 11.8 Å². The number of aryl methyl sites for hydroxylation is 1. The van der Waals surface area contributed by atoms with Crippen LogP contribution in [0.5, 0.6) is 0 Å². The van der Waals surface area contributed by atoms with Gasteiger partial charge in [0.2, 0.25) is 5.91 Å². The second-order valence-corrected chi connectivity index (χ2v) is 5.11. The maximum absolute atomic E-state index is 11.9. The molecule has 0 aliphatic heterocycles. The molecule has 0 spiro atoms. The standard InChI is InChI=1S/C14H20N6O/c1-10(2)15-8-7-13(21)16-12-6-4-5-11(9-12)14-17-18-19-20(14)3/h4-6,9-10,15H,7-8H2,1-3H3,(H,16,21). The Hall–Kier alpha value is -2.28. The van der Waals surface area contributed by atoms with Crippen LogP contribution in [0.1, 0.15) is 20.3 Å². The first-order valence-electron chi connectivity index (χ1n) is 6.92. The SMILES string of the molecule is CC(C)NCCC(=O)Nc1cccc(-c2nnnn2C)c1. The van der Waals surface area contributed by atoms with Gasteiger partial charge in [-0.2, -0.15) is 0 Å². The van der Waals surface area contributed by atoms with Gasteiger partial charge in [-0.15, -0.1) is 5.10 Å². The minimum atomic E-state index is -0.0172. The number of benzene rings is 1. The third-order valence-electron chi connectivity index (χ3n) is 2.93. The Labute approximate surface area is 123 Å². The van der Waals surface area contributed by atoms with Gasteiger partial charge in [0.25, 0.3) is 0 Å². The van der Waals surface area contributed by atoms with Crippen molar-refractivity contribution in [1.29, 1.82) is 0 Å². The number of tetrazole rings is 1. The Morgan fingerprint density at radius 2 is 2.19 bits per heavy atom. The molecule has 1 amide bonds. The Morgan fingerprint density at radius 3 is 2.86 bits per heavy atom. The van der Waals surface area contributed by atoms with Gasteiger partial charge in [-0.05, 0) is 22.6 Å². The molecule has 0 saturated heterocycles. The van der Waals surface area contributed by atoms with E-state index in [1.807, 2.05) is 24.3 Å². The molecule has 1 aromatic carbocycles. The topological polar surface area (TPSA) is 84.7 Å². The van der Waals surface area contributed by atoms with E-state index in [2.05, 4.69) is 40.0 Å².